The molecular weight excluding hydrogens is 182 g/mol. The molecule has 1 fully saturated rings. The molecule has 1 rings (SSSR count). The maximum atomic E-state index is 5.45. The highest BCUT2D eigenvalue weighted by Crippen LogP contribution is 2.21. The average molecular weight is 203 g/mol. The van der Waals surface area contributed by atoms with Crippen molar-refractivity contribution in [3.8, 4) is 0 Å². The van der Waals surface area contributed by atoms with Crippen molar-refractivity contribution < 1.29 is 4.12 Å². The lowest BCUT2D eigenvalue weighted by Gasteiger charge is -2.32. The SMILES string of the molecule is CCN([SiH2]O[SiH3])C1CCCCC1. The van der Waals surface area contributed by atoms with Gasteiger partial charge in [0.2, 0.25) is 9.92 Å². The minimum Gasteiger partial charge on any atom is -0.457 e. The van der Waals surface area contributed by atoms with Crippen LogP contribution < -0.4 is 0 Å². The van der Waals surface area contributed by atoms with Crippen LogP contribution in [-0.2, 0) is 4.12 Å². The zero-order valence-electron chi connectivity index (χ0n) is 8.38. The van der Waals surface area contributed by atoms with E-state index in [1.165, 1.54) is 38.6 Å². The van der Waals surface area contributed by atoms with E-state index < -0.39 is 0 Å². The first-order valence-electron chi connectivity index (χ1n) is 5.11. The van der Waals surface area contributed by atoms with E-state index in [0.717, 1.165) is 16.5 Å². The standard InChI is InChI=1S/C8H21NOSi2/c1-2-9(12-10-11)8-6-4-3-5-7-8/h8H,2-7,12H2,1,11H3. The summed E-state index contributed by atoms with van der Waals surface area (Å²) in [4.78, 5) is 0. The summed E-state index contributed by atoms with van der Waals surface area (Å²) in [6.07, 6.45) is 7.18. The molecule has 0 atom stereocenters. The van der Waals surface area contributed by atoms with Crippen LogP contribution in [0.15, 0.2) is 0 Å². The molecule has 0 bridgehead atoms. The highest BCUT2D eigenvalue weighted by Gasteiger charge is 2.18. The van der Waals surface area contributed by atoms with Gasteiger partial charge in [-0.3, -0.25) is 0 Å². The Bertz CT molecular complexity index is 115. The quantitative estimate of drug-likeness (QED) is 0.594. The number of nitrogens with zero attached hydrogens (tertiary/aromatic N) is 1. The predicted octanol–water partition coefficient (Wildman–Crippen LogP) is -0.0632. The summed E-state index contributed by atoms with van der Waals surface area (Å²) in [5.74, 6) is 0. The highest BCUT2D eigenvalue weighted by molar-refractivity contribution is 6.31. The lowest BCUT2D eigenvalue weighted by atomic mass is 9.95. The van der Waals surface area contributed by atoms with E-state index in [2.05, 4.69) is 11.5 Å². The van der Waals surface area contributed by atoms with Gasteiger partial charge >= 0.3 is 0 Å². The fourth-order valence-corrected chi connectivity index (χ4v) is 4.15. The van der Waals surface area contributed by atoms with Crippen LogP contribution in [0.3, 0.4) is 0 Å². The highest BCUT2D eigenvalue weighted by atomic mass is 28.3. The lowest BCUT2D eigenvalue weighted by Crippen LogP contribution is -2.40. The third-order valence-electron chi connectivity index (χ3n) is 2.79. The van der Waals surface area contributed by atoms with E-state index in [1.54, 1.807) is 0 Å². The van der Waals surface area contributed by atoms with Crippen LogP contribution in [0.5, 0.6) is 0 Å². The molecule has 0 aliphatic heterocycles. The van der Waals surface area contributed by atoms with Crippen LogP contribution in [0, 0.1) is 0 Å². The Morgan fingerprint density at radius 2 is 2.08 bits per heavy atom. The van der Waals surface area contributed by atoms with E-state index in [0.29, 0.717) is 0 Å². The van der Waals surface area contributed by atoms with Crippen molar-refractivity contribution in [3.05, 3.63) is 0 Å². The molecule has 0 aromatic heterocycles. The normalized spacial score (nSPS) is 21.5. The van der Waals surface area contributed by atoms with E-state index in [4.69, 9.17) is 4.12 Å². The van der Waals surface area contributed by atoms with Crippen LogP contribution in [0.1, 0.15) is 39.0 Å². The summed E-state index contributed by atoms with van der Waals surface area (Å²) in [6.45, 7) is 3.47. The summed E-state index contributed by atoms with van der Waals surface area (Å²) in [5.41, 5.74) is 0. The molecule has 0 radical (unpaired) electrons. The fraction of sp³-hybridized carbons (Fsp3) is 1.00. The summed E-state index contributed by atoms with van der Waals surface area (Å²) < 4.78 is 8.07. The molecule has 2 nitrogen and oxygen atoms in total. The van der Waals surface area contributed by atoms with Crippen LogP contribution in [0.2, 0.25) is 0 Å². The second-order valence-corrected chi connectivity index (χ2v) is 6.99. The molecule has 4 heteroatoms. The zero-order chi connectivity index (χ0) is 8.81. The minimum absolute atomic E-state index is 0.314. The maximum Gasteiger partial charge on any atom is 0.226 e. The first-order chi connectivity index (χ1) is 5.88. The van der Waals surface area contributed by atoms with Gasteiger partial charge < -0.3 is 8.68 Å². The molecule has 0 heterocycles. The maximum absolute atomic E-state index is 5.45. The molecule has 72 valence electrons. The molecule has 0 aromatic rings. The van der Waals surface area contributed by atoms with Gasteiger partial charge in [0, 0.05) is 6.04 Å². The van der Waals surface area contributed by atoms with Gasteiger partial charge in [0.05, 0.1) is 0 Å². The van der Waals surface area contributed by atoms with Crippen LogP contribution in [-0.4, -0.2) is 37.6 Å². The fourth-order valence-electron chi connectivity index (χ4n) is 2.07. The first kappa shape index (κ1) is 10.4. The van der Waals surface area contributed by atoms with Crippen molar-refractivity contribution in [2.45, 2.75) is 45.1 Å². The Morgan fingerprint density at radius 3 is 2.58 bits per heavy atom. The van der Waals surface area contributed by atoms with Crippen LogP contribution >= 0.6 is 0 Å². The monoisotopic (exact) mass is 203 g/mol. The number of rotatable bonds is 4. The van der Waals surface area contributed by atoms with Gasteiger partial charge in [0.15, 0.2) is 0 Å². The van der Waals surface area contributed by atoms with Gasteiger partial charge in [-0.05, 0) is 19.4 Å². The van der Waals surface area contributed by atoms with Crippen LogP contribution in [0.4, 0.5) is 0 Å². The van der Waals surface area contributed by atoms with Gasteiger partial charge in [0.1, 0.15) is 10.5 Å². The Morgan fingerprint density at radius 1 is 1.42 bits per heavy atom. The van der Waals surface area contributed by atoms with Crippen molar-refractivity contribution in [1.29, 1.82) is 0 Å². The first-order valence-corrected chi connectivity index (χ1v) is 7.14. The largest absolute Gasteiger partial charge is 0.457 e. The molecule has 0 amide bonds. The summed E-state index contributed by atoms with van der Waals surface area (Å²) in [5, 5.41) is 0. The summed E-state index contributed by atoms with van der Waals surface area (Å²) in [6, 6.07) is 0.879. The summed E-state index contributed by atoms with van der Waals surface area (Å²) in [7, 11) is 0.618. The molecule has 1 saturated carbocycles. The number of hydrogen-bond donors (Lipinski definition) is 0. The van der Waals surface area contributed by atoms with Crippen molar-refractivity contribution in [1.82, 2.24) is 4.57 Å². The second kappa shape index (κ2) is 5.91. The van der Waals surface area contributed by atoms with E-state index >= 15 is 0 Å². The third kappa shape index (κ3) is 3.01. The molecule has 0 aromatic carbocycles. The Labute approximate surface area is 81.2 Å². The Kier molecular flexibility index (Phi) is 5.14. The third-order valence-corrected chi connectivity index (χ3v) is 5.12. The average Bonchev–Trinajstić information content (AvgIpc) is 2.15. The molecule has 1 aliphatic rings. The molecule has 0 spiro atoms. The van der Waals surface area contributed by atoms with Gasteiger partial charge in [-0.2, -0.15) is 0 Å². The van der Waals surface area contributed by atoms with Crippen LogP contribution in [0.25, 0.3) is 0 Å². The molecule has 12 heavy (non-hydrogen) atoms. The molecule has 0 N–H and O–H groups in total. The van der Waals surface area contributed by atoms with Crippen molar-refractivity contribution in [2.75, 3.05) is 6.54 Å². The second-order valence-electron chi connectivity index (χ2n) is 3.61. The molecular formula is C8H21NOSi2. The topological polar surface area (TPSA) is 12.5 Å². The molecule has 0 unspecified atom stereocenters. The van der Waals surface area contributed by atoms with Crippen molar-refractivity contribution in [2.24, 2.45) is 0 Å². The van der Waals surface area contributed by atoms with Gasteiger partial charge in [-0.15, -0.1) is 0 Å². The predicted molar refractivity (Wildman–Crippen MR) is 58.8 cm³/mol. The Hall–Kier alpha value is 0.354. The lowest BCUT2D eigenvalue weighted by molar-refractivity contribution is 0.249. The molecule has 1 aliphatic carbocycles. The van der Waals surface area contributed by atoms with Crippen molar-refractivity contribution >= 4 is 20.4 Å². The van der Waals surface area contributed by atoms with Gasteiger partial charge in [0.25, 0.3) is 0 Å². The van der Waals surface area contributed by atoms with E-state index in [1.807, 2.05) is 0 Å². The summed E-state index contributed by atoms with van der Waals surface area (Å²) >= 11 is 0. The van der Waals surface area contributed by atoms with Crippen molar-refractivity contribution in [3.63, 3.8) is 0 Å². The molecule has 0 saturated heterocycles. The van der Waals surface area contributed by atoms with Gasteiger partial charge in [-0.25, -0.2) is 0 Å². The minimum atomic E-state index is -0.314. The number of hydrogen-bond acceptors (Lipinski definition) is 2. The Balaban J connectivity index is 2.29. The smallest absolute Gasteiger partial charge is 0.226 e. The van der Waals surface area contributed by atoms with Gasteiger partial charge in [-0.1, -0.05) is 26.2 Å². The zero-order valence-corrected chi connectivity index (χ0v) is 11.8. The van der Waals surface area contributed by atoms with E-state index in [9.17, 15) is 0 Å². The van der Waals surface area contributed by atoms with E-state index in [-0.39, 0.29) is 9.92 Å².